The normalized spacial score (nSPS) is 17.7. The van der Waals surface area contributed by atoms with Crippen LogP contribution in [0.5, 0.6) is 0 Å². The third-order valence-electron chi connectivity index (χ3n) is 3.34. The van der Waals surface area contributed by atoms with E-state index < -0.39 is 0 Å². The fourth-order valence-corrected chi connectivity index (χ4v) is 3.01. The Bertz CT molecular complexity index is 418. The molecule has 0 aromatic heterocycles. The lowest BCUT2D eigenvalue weighted by molar-refractivity contribution is -0.121. The van der Waals surface area contributed by atoms with Gasteiger partial charge in [0, 0.05) is 11.1 Å². The van der Waals surface area contributed by atoms with Crippen LogP contribution in [0.1, 0.15) is 31.2 Å². The Morgan fingerprint density at radius 3 is 2.72 bits per heavy atom. The molecular weight excluding hydrogens is 314 g/mol. The third-order valence-corrected chi connectivity index (χ3v) is 4.45. The van der Waals surface area contributed by atoms with Crippen LogP contribution in [-0.2, 0) is 11.2 Å². The van der Waals surface area contributed by atoms with Crippen molar-refractivity contribution in [2.24, 2.45) is 0 Å². The zero-order valence-corrected chi connectivity index (χ0v) is 12.5. The topological polar surface area (TPSA) is 29.1 Å². The summed E-state index contributed by atoms with van der Waals surface area (Å²) in [7, 11) is 0. The summed E-state index contributed by atoms with van der Waals surface area (Å²) in [4.78, 5) is 11.8. The number of benzene rings is 1. The number of amides is 1. The molecule has 0 heterocycles. The molecule has 0 radical (unpaired) electrons. The average molecular weight is 331 g/mol. The molecule has 1 aliphatic carbocycles. The van der Waals surface area contributed by atoms with Gasteiger partial charge in [0.15, 0.2) is 0 Å². The number of carbonyl (C=O) groups is 1. The lowest BCUT2D eigenvalue weighted by Gasteiger charge is -2.16. The minimum atomic E-state index is -0.210. The molecule has 4 heteroatoms. The SMILES string of the molecule is O=C(NC1CCCC1)C(Br)Cc1ccccc1Cl. The molecule has 1 unspecified atom stereocenters. The first-order chi connectivity index (χ1) is 8.66. The lowest BCUT2D eigenvalue weighted by atomic mass is 10.1. The first-order valence-corrected chi connectivity index (χ1v) is 7.64. The smallest absolute Gasteiger partial charge is 0.234 e. The summed E-state index contributed by atoms with van der Waals surface area (Å²) in [6.07, 6.45) is 5.29. The van der Waals surface area contributed by atoms with Gasteiger partial charge in [0.25, 0.3) is 0 Å². The molecule has 98 valence electrons. The second-order valence-electron chi connectivity index (χ2n) is 4.75. The van der Waals surface area contributed by atoms with Gasteiger partial charge in [0.05, 0.1) is 4.83 Å². The molecule has 0 saturated heterocycles. The predicted octanol–water partition coefficient (Wildman–Crippen LogP) is 3.70. The zero-order chi connectivity index (χ0) is 13.0. The number of hydrogen-bond donors (Lipinski definition) is 1. The van der Waals surface area contributed by atoms with Gasteiger partial charge in [-0.25, -0.2) is 0 Å². The van der Waals surface area contributed by atoms with Crippen LogP contribution in [-0.4, -0.2) is 16.8 Å². The van der Waals surface area contributed by atoms with Crippen molar-refractivity contribution in [2.75, 3.05) is 0 Å². The molecular formula is C14H17BrClNO. The summed E-state index contributed by atoms with van der Waals surface area (Å²) in [5, 5.41) is 3.81. The molecule has 0 bridgehead atoms. The number of halogens is 2. The Morgan fingerprint density at radius 1 is 1.39 bits per heavy atom. The number of carbonyl (C=O) groups excluding carboxylic acids is 1. The molecule has 1 saturated carbocycles. The molecule has 2 nitrogen and oxygen atoms in total. The molecule has 18 heavy (non-hydrogen) atoms. The average Bonchev–Trinajstić information content (AvgIpc) is 2.84. The van der Waals surface area contributed by atoms with Gasteiger partial charge < -0.3 is 5.32 Å². The van der Waals surface area contributed by atoms with Gasteiger partial charge in [-0.2, -0.15) is 0 Å². The van der Waals surface area contributed by atoms with Crippen LogP contribution >= 0.6 is 27.5 Å². The Kier molecular flexibility index (Phi) is 5.07. The highest BCUT2D eigenvalue weighted by Crippen LogP contribution is 2.21. The van der Waals surface area contributed by atoms with E-state index in [-0.39, 0.29) is 10.7 Å². The van der Waals surface area contributed by atoms with E-state index in [2.05, 4.69) is 21.2 Å². The van der Waals surface area contributed by atoms with Gasteiger partial charge in [-0.15, -0.1) is 0 Å². The number of hydrogen-bond acceptors (Lipinski definition) is 1. The van der Waals surface area contributed by atoms with Crippen molar-refractivity contribution in [1.82, 2.24) is 5.32 Å². The highest BCUT2D eigenvalue weighted by molar-refractivity contribution is 9.10. The van der Waals surface area contributed by atoms with Crippen LogP contribution in [0.15, 0.2) is 24.3 Å². The van der Waals surface area contributed by atoms with E-state index in [1.54, 1.807) is 0 Å². The number of nitrogens with one attached hydrogen (secondary N) is 1. The summed E-state index contributed by atoms with van der Waals surface area (Å²) < 4.78 is 0. The van der Waals surface area contributed by atoms with Gasteiger partial charge in [-0.05, 0) is 30.9 Å². The summed E-state index contributed by atoms with van der Waals surface area (Å²) >= 11 is 9.54. The molecule has 1 atom stereocenters. The van der Waals surface area contributed by atoms with Crippen molar-refractivity contribution in [3.05, 3.63) is 34.9 Å². The zero-order valence-electron chi connectivity index (χ0n) is 10.2. The van der Waals surface area contributed by atoms with Gasteiger partial charge in [0.1, 0.15) is 0 Å². The summed E-state index contributed by atoms with van der Waals surface area (Å²) in [5.41, 5.74) is 1.00. The quantitative estimate of drug-likeness (QED) is 0.838. The maximum Gasteiger partial charge on any atom is 0.234 e. The molecule has 1 aromatic rings. The van der Waals surface area contributed by atoms with Gasteiger partial charge in [0.2, 0.25) is 5.91 Å². The van der Waals surface area contributed by atoms with Crippen molar-refractivity contribution in [1.29, 1.82) is 0 Å². The van der Waals surface area contributed by atoms with E-state index in [9.17, 15) is 4.79 Å². The van der Waals surface area contributed by atoms with Gasteiger partial charge in [-0.1, -0.05) is 58.6 Å². The summed E-state index contributed by atoms with van der Waals surface area (Å²) in [6.45, 7) is 0. The van der Waals surface area contributed by atoms with Crippen LogP contribution in [0.3, 0.4) is 0 Å². The maximum absolute atomic E-state index is 12.0. The highest BCUT2D eigenvalue weighted by Gasteiger charge is 2.22. The molecule has 0 spiro atoms. The van der Waals surface area contributed by atoms with Crippen molar-refractivity contribution < 1.29 is 4.79 Å². The first-order valence-electron chi connectivity index (χ1n) is 6.34. The summed E-state index contributed by atoms with van der Waals surface area (Å²) in [6, 6.07) is 8.01. The minimum absolute atomic E-state index is 0.0711. The Hall–Kier alpha value is -0.540. The molecule has 1 N–H and O–H groups in total. The van der Waals surface area contributed by atoms with Crippen molar-refractivity contribution in [3.63, 3.8) is 0 Å². The first kappa shape index (κ1) is 13.9. The van der Waals surface area contributed by atoms with Gasteiger partial charge >= 0.3 is 0 Å². The molecule has 1 fully saturated rings. The summed E-state index contributed by atoms with van der Waals surface area (Å²) in [5.74, 6) is 0.0711. The monoisotopic (exact) mass is 329 g/mol. The number of rotatable bonds is 4. The van der Waals surface area contributed by atoms with Crippen LogP contribution in [0, 0.1) is 0 Å². The van der Waals surface area contributed by atoms with E-state index in [1.807, 2.05) is 24.3 Å². The second kappa shape index (κ2) is 6.58. The van der Waals surface area contributed by atoms with Crippen LogP contribution in [0.2, 0.25) is 5.02 Å². The molecule has 0 aliphatic heterocycles. The van der Waals surface area contributed by atoms with E-state index in [0.29, 0.717) is 12.5 Å². The van der Waals surface area contributed by atoms with E-state index in [1.165, 1.54) is 12.8 Å². The van der Waals surface area contributed by atoms with Crippen molar-refractivity contribution in [3.8, 4) is 0 Å². The number of alkyl halides is 1. The molecule has 1 amide bonds. The molecule has 2 rings (SSSR count). The predicted molar refractivity (Wildman–Crippen MR) is 78.3 cm³/mol. The standard InChI is InChI=1S/C14H17BrClNO/c15-12(9-10-5-1-4-8-13(10)16)14(18)17-11-6-2-3-7-11/h1,4-5,8,11-12H,2-3,6-7,9H2,(H,17,18). The Morgan fingerprint density at radius 2 is 2.06 bits per heavy atom. The fourth-order valence-electron chi connectivity index (χ4n) is 2.31. The van der Waals surface area contributed by atoms with Crippen molar-refractivity contribution in [2.45, 2.75) is 43.0 Å². The second-order valence-corrected chi connectivity index (χ2v) is 6.27. The van der Waals surface area contributed by atoms with E-state index in [4.69, 9.17) is 11.6 Å². The highest BCUT2D eigenvalue weighted by atomic mass is 79.9. The van der Waals surface area contributed by atoms with E-state index >= 15 is 0 Å². The Balaban J connectivity index is 1.89. The fraction of sp³-hybridized carbons (Fsp3) is 0.500. The van der Waals surface area contributed by atoms with E-state index in [0.717, 1.165) is 23.4 Å². The van der Waals surface area contributed by atoms with Gasteiger partial charge in [-0.3, -0.25) is 4.79 Å². The van der Waals surface area contributed by atoms with Crippen molar-refractivity contribution >= 4 is 33.4 Å². The minimum Gasteiger partial charge on any atom is -0.352 e. The third kappa shape index (κ3) is 3.72. The largest absolute Gasteiger partial charge is 0.352 e. The maximum atomic E-state index is 12.0. The Labute approximate surface area is 121 Å². The van der Waals surface area contributed by atoms with Crippen LogP contribution in [0.25, 0.3) is 0 Å². The molecule has 1 aromatic carbocycles. The molecule has 1 aliphatic rings. The van der Waals surface area contributed by atoms with Crippen LogP contribution in [0.4, 0.5) is 0 Å². The lowest BCUT2D eigenvalue weighted by Crippen LogP contribution is -2.38. The van der Waals surface area contributed by atoms with Crippen LogP contribution < -0.4 is 5.32 Å².